The number of nitrogens with zero attached hydrogens (tertiary/aromatic N) is 3. The Labute approximate surface area is 195 Å². The number of nitrogens with one attached hydrogen (secondary N) is 2. The molecule has 2 heterocycles. The molecule has 1 aromatic heterocycles. The van der Waals surface area contributed by atoms with Gasteiger partial charge in [0.25, 0.3) is 0 Å². The molecule has 2 saturated carbocycles. The Morgan fingerprint density at radius 1 is 1.15 bits per heavy atom. The number of carbonyl (C=O) groups is 3. The van der Waals surface area contributed by atoms with Crippen LogP contribution in [0.1, 0.15) is 76.9 Å². The molecule has 3 amide bonds. The molecule has 1 aromatic rings. The largest absolute Gasteiger partial charge is 0.360 e. The Balaban J connectivity index is 1.46. The van der Waals surface area contributed by atoms with Crippen LogP contribution < -0.4 is 10.6 Å². The van der Waals surface area contributed by atoms with Crippen LogP contribution in [0.3, 0.4) is 0 Å². The Kier molecular flexibility index (Phi) is 7.36. The Hall–Kier alpha value is -2.42. The zero-order chi connectivity index (χ0) is 23.4. The van der Waals surface area contributed by atoms with E-state index < -0.39 is 5.54 Å². The van der Waals surface area contributed by atoms with Crippen molar-refractivity contribution in [1.82, 2.24) is 20.3 Å². The SMILES string of the molecule is CCN1CCC(C(=O)NC2CCCC2)(N(C(=O)CCC(=O)Nc2cc(C)on2)C2CC2)CC1. The molecule has 0 spiro atoms. The summed E-state index contributed by atoms with van der Waals surface area (Å²) in [6.45, 7) is 6.43. The van der Waals surface area contributed by atoms with Crippen molar-refractivity contribution in [3.05, 3.63) is 11.8 Å². The Bertz CT molecular complexity index is 851. The predicted octanol–water partition coefficient (Wildman–Crippen LogP) is 2.61. The second-order valence-corrected chi connectivity index (χ2v) is 9.79. The van der Waals surface area contributed by atoms with Crippen molar-refractivity contribution in [1.29, 1.82) is 0 Å². The maximum atomic E-state index is 13.7. The van der Waals surface area contributed by atoms with E-state index in [-0.39, 0.29) is 42.6 Å². The summed E-state index contributed by atoms with van der Waals surface area (Å²) in [4.78, 5) is 43.8. The third kappa shape index (κ3) is 5.57. The van der Waals surface area contributed by atoms with Crippen LogP contribution in [-0.2, 0) is 14.4 Å². The zero-order valence-corrected chi connectivity index (χ0v) is 19.9. The van der Waals surface area contributed by atoms with E-state index in [4.69, 9.17) is 4.52 Å². The first-order valence-electron chi connectivity index (χ1n) is 12.5. The molecule has 0 radical (unpaired) electrons. The fourth-order valence-electron chi connectivity index (χ4n) is 5.30. The minimum Gasteiger partial charge on any atom is -0.360 e. The number of amides is 3. The van der Waals surface area contributed by atoms with Crippen LogP contribution in [0, 0.1) is 6.92 Å². The van der Waals surface area contributed by atoms with E-state index in [1.807, 2.05) is 4.90 Å². The number of aromatic nitrogens is 1. The lowest BCUT2D eigenvalue weighted by molar-refractivity contribution is -0.153. The maximum Gasteiger partial charge on any atom is 0.246 e. The number of rotatable bonds is 9. The summed E-state index contributed by atoms with van der Waals surface area (Å²) in [6.07, 6.45) is 7.59. The van der Waals surface area contributed by atoms with Crippen molar-refractivity contribution in [2.24, 2.45) is 0 Å². The highest BCUT2D eigenvalue weighted by molar-refractivity contribution is 5.95. The summed E-state index contributed by atoms with van der Waals surface area (Å²) in [5, 5.41) is 9.73. The van der Waals surface area contributed by atoms with Crippen molar-refractivity contribution in [2.75, 3.05) is 25.0 Å². The van der Waals surface area contributed by atoms with Gasteiger partial charge in [-0.05, 0) is 52.0 Å². The van der Waals surface area contributed by atoms with Crippen molar-refractivity contribution in [3.8, 4) is 0 Å². The van der Waals surface area contributed by atoms with E-state index >= 15 is 0 Å². The van der Waals surface area contributed by atoms with Crippen LogP contribution in [0.4, 0.5) is 5.82 Å². The van der Waals surface area contributed by atoms with Gasteiger partial charge in [0.05, 0.1) is 0 Å². The average molecular weight is 460 g/mol. The average Bonchev–Trinajstić information content (AvgIpc) is 3.33. The maximum absolute atomic E-state index is 13.7. The van der Waals surface area contributed by atoms with Gasteiger partial charge in [0.15, 0.2) is 5.82 Å². The number of piperidine rings is 1. The second kappa shape index (κ2) is 10.2. The van der Waals surface area contributed by atoms with Gasteiger partial charge in [0.1, 0.15) is 11.3 Å². The van der Waals surface area contributed by atoms with Crippen LogP contribution in [0.25, 0.3) is 0 Å². The van der Waals surface area contributed by atoms with Gasteiger partial charge in [0.2, 0.25) is 17.7 Å². The molecule has 1 aliphatic heterocycles. The molecule has 9 nitrogen and oxygen atoms in total. The van der Waals surface area contributed by atoms with Gasteiger partial charge in [-0.1, -0.05) is 24.9 Å². The molecule has 182 valence electrons. The Morgan fingerprint density at radius 2 is 1.85 bits per heavy atom. The van der Waals surface area contributed by atoms with Gasteiger partial charge in [-0.3, -0.25) is 14.4 Å². The van der Waals surface area contributed by atoms with Crippen LogP contribution in [0.15, 0.2) is 10.6 Å². The first-order chi connectivity index (χ1) is 15.9. The number of likely N-dealkylation sites (tertiary alicyclic amines) is 1. The first-order valence-corrected chi connectivity index (χ1v) is 12.5. The third-order valence-corrected chi connectivity index (χ3v) is 7.35. The number of anilines is 1. The molecular weight excluding hydrogens is 422 g/mol. The van der Waals surface area contributed by atoms with Crippen LogP contribution in [0.5, 0.6) is 0 Å². The van der Waals surface area contributed by atoms with Crippen LogP contribution >= 0.6 is 0 Å². The predicted molar refractivity (Wildman–Crippen MR) is 123 cm³/mol. The lowest BCUT2D eigenvalue weighted by Gasteiger charge is -2.48. The lowest BCUT2D eigenvalue weighted by Crippen LogP contribution is -2.66. The molecule has 3 fully saturated rings. The summed E-state index contributed by atoms with van der Waals surface area (Å²) >= 11 is 0. The number of hydrogen-bond acceptors (Lipinski definition) is 6. The summed E-state index contributed by atoms with van der Waals surface area (Å²) in [5.41, 5.74) is -0.813. The topological polar surface area (TPSA) is 108 Å². The molecule has 1 saturated heterocycles. The summed E-state index contributed by atoms with van der Waals surface area (Å²) in [6, 6.07) is 1.95. The molecule has 33 heavy (non-hydrogen) atoms. The van der Waals surface area contributed by atoms with Crippen molar-refractivity contribution < 1.29 is 18.9 Å². The van der Waals surface area contributed by atoms with E-state index in [0.717, 1.165) is 58.2 Å². The van der Waals surface area contributed by atoms with Gasteiger partial charge in [-0.2, -0.15) is 0 Å². The quantitative estimate of drug-likeness (QED) is 0.588. The fourth-order valence-corrected chi connectivity index (χ4v) is 5.30. The normalized spacial score (nSPS) is 21.0. The second-order valence-electron chi connectivity index (χ2n) is 9.79. The third-order valence-electron chi connectivity index (χ3n) is 7.35. The van der Waals surface area contributed by atoms with E-state index in [1.54, 1.807) is 13.0 Å². The monoisotopic (exact) mass is 459 g/mol. The number of carbonyl (C=O) groups excluding carboxylic acids is 3. The molecule has 0 aromatic carbocycles. The number of aryl methyl sites for hydroxylation is 1. The number of hydrogen-bond donors (Lipinski definition) is 2. The minimum absolute atomic E-state index is 0.00734. The molecular formula is C24H37N5O4. The molecule has 0 bridgehead atoms. The summed E-state index contributed by atoms with van der Waals surface area (Å²) in [7, 11) is 0. The summed E-state index contributed by atoms with van der Waals surface area (Å²) in [5.74, 6) is 0.583. The zero-order valence-electron chi connectivity index (χ0n) is 19.9. The van der Waals surface area contributed by atoms with E-state index in [0.29, 0.717) is 24.4 Å². The van der Waals surface area contributed by atoms with Crippen molar-refractivity contribution in [2.45, 2.75) is 95.7 Å². The van der Waals surface area contributed by atoms with E-state index in [2.05, 4.69) is 27.6 Å². The van der Waals surface area contributed by atoms with Gasteiger partial charge >= 0.3 is 0 Å². The highest BCUT2D eigenvalue weighted by atomic mass is 16.5. The smallest absolute Gasteiger partial charge is 0.246 e. The van der Waals surface area contributed by atoms with Crippen molar-refractivity contribution >= 4 is 23.5 Å². The standard InChI is InChI=1S/C24H37N5O4/c1-3-28-14-12-24(13-15-28,23(32)25-18-6-4-5-7-18)29(19-8-9-19)22(31)11-10-21(30)26-20-16-17(2)33-27-20/h16,18-19H,3-15H2,1-2H3,(H,25,32)(H,26,27,30). The Morgan fingerprint density at radius 3 is 2.42 bits per heavy atom. The molecule has 3 aliphatic rings. The molecule has 0 unspecified atom stereocenters. The van der Waals surface area contributed by atoms with Gasteiger partial charge in [-0.25, -0.2) is 0 Å². The highest BCUT2D eigenvalue weighted by Crippen LogP contribution is 2.40. The first kappa shape index (κ1) is 23.7. The molecule has 2 N–H and O–H groups in total. The molecule has 2 aliphatic carbocycles. The van der Waals surface area contributed by atoms with Gasteiger partial charge in [-0.15, -0.1) is 0 Å². The van der Waals surface area contributed by atoms with Gasteiger partial charge < -0.3 is 25.0 Å². The van der Waals surface area contributed by atoms with Crippen LogP contribution in [0.2, 0.25) is 0 Å². The van der Waals surface area contributed by atoms with E-state index in [9.17, 15) is 14.4 Å². The van der Waals surface area contributed by atoms with E-state index in [1.165, 1.54) is 0 Å². The molecule has 0 atom stereocenters. The highest BCUT2D eigenvalue weighted by Gasteiger charge is 2.53. The van der Waals surface area contributed by atoms with Gasteiger partial charge in [0, 0.05) is 44.1 Å². The lowest BCUT2D eigenvalue weighted by atomic mass is 9.83. The minimum atomic E-state index is -0.813. The van der Waals surface area contributed by atoms with Crippen molar-refractivity contribution in [3.63, 3.8) is 0 Å². The van der Waals surface area contributed by atoms with Crippen LogP contribution in [-0.4, -0.2) is 69.9 Å². The molecule has 9 heteroatoms. The summed E-state index contributed by atoms with van der Waals surface area (Å²) < 4.78 is 4.97. The molecule has 4 rings (SSSR count). The fraction of sp³-hybridized carbons (Fsp3) is 0.750.